The molecular formula is C24H22ClNO4. The van der Waals surface area contributed by atoms with Crippen LogP contribution >= 0.6 is 11.6 Å². The molecule has 3 aromatic rings. The molecule has 0 radical (unpaired) electrons. The van der Waals surface area contributed by atoms with Crippen LogP contribution in [0.5, 0.6) is 5.75 Å². The highest BCUT2D eigenvalue weighted by Gasteiger charge is 2.10. The van der Waals surface area contributed by atoms with Crippen molar-refractivity contribution in [3.8, 4) is 5.75 Å². The smallest absolute Gasteiger partial charge is 0.338 e. The number of carbonyl (C=O) groups is 2. The number of ether oxygens (including phenoxy) is 2. The Balaban J connectivity index is 1.55. The number of benzene rings is 3. The van der Waals surface area contributed by atoms with Gasteiger partial charge < -0.3 is 14.8 Å². The number of hydrogen-bond acceptors (Lipinski definition) is 4. The number of rotatable bonds is 7. The van der Waals surface area contributed by atoms with Gasteiger partial charge in [-0.15, -0.1) is 0 Å². The number of carbonyl (C=O) groups excluding carboxylic acids is 2. The summed E-state index contributed by atoms with van der Waals surface area (Å²) < 4.78 is 10.8. The van der Waals surface area contributed by atoms with Gasteiger partial charge in [-0.25, -0.2) is 4.79 Å². The summed E-state index contributed by atoms with van der Waals surface area (Å²) in [7, 11) is 0. The zero-order valence-electron chi connectivity index (χ0n) is 16.7. The van der Waals surface area contributed by atoms with Crippen LogP contribution in [0.4, 0.5) is 5.69 Å². The standard InChI is InChI=1S/C24H22ClNO4/c1-16(2)30-24(28)19-7-11-21(12-8-19)26-23(27)18-5-3-17(4-6-18)15-29-22-13-9-20(25)10-14-22/h3-14,16H,15H2,1-2H3,(H,26,27). The van der Waals surface area contributed by atoms with E-state index in [1.54, 1.807) is 74.5 Å². The van der Waals surface area contributed by atoms with Gasteiger partial charge in [-0.1, -0.05) is 23.7 Å². The highest BCUT2D eigenvalue weighted by Crippen LogP contribution is 2.18. The lowest BCUT2D eigenvalue weighted by molar-refractivity contribution is 0.0378. The molecule has 0 saturated heterocycles. The van der Waals surface area contributed by atoms with Crippen molar-refractivity contribution in [2.45, 2.75) is 26.6 Å². The van der Waals surface area contributed by atoms with Crippen LogP contribution in [0.3, 0.4) is 0 Å². The molecule has 5 nitrogen and oxygen atoms in total. The number of hydrogen-bond donors (Lipinski definition) is 1. The van der Waals surface area contributed by atoms with Crippen LogP contribution < -0.4 is 10.1 Å². The number of amides is 1. The Morgan fingerprint density at radius 3 is 2.07 bits per heavy atom. The maximum absolute atomic E-state index is 12.5. The summed E-state index contributed by atoms with van der Waals surface area (Å²) in [5, 5.41) is 3.47. The molecule has 3 rings (SSSR count). The van der Waals surface area contributed by atoms with Crippen LogP contribution in [0.25, 0.3) is 0 Å². The topological polar surface area (TPSA) is 64.6 Å². The van der Waals surface area contributed by atoms with Gasteiger partial charge in [0.1, 0.15) is 12.4 Å². The second kappa shape index (κ2) is 9.94. The van der Waals surface area contributed by atoms with E-state index in [2.05, 4.69) is 5.32 Å². The third-order valence-electron chi connectivity index (χ3n) is 4.16. The molecule has 0 fully saturated rings. The third kappa shape index (κ3) is 6.09. The first-order chi connectivity index (χ1) is 14.4. The van der Waals surface area contributed by atoms with E-state index in [9.17, 15) is 9.59 Å². The molecule has 0 atom stereocenters. The molecule has 0 bridgehead atoms. The van der Waals surface area contributed by atoms with Crippen LogP contribution in [0.15, 0.2) is 72.8 Å². The van der Waals surface area contributed by atoms with E-state index in [0.29, 0.717) is 28.4 Å². The third-order valence-corrected chi connectivity index (χ3v) is 4.41. The molecule has 1 amide bonds. The summed E-state index contributed by atoms with van der Waals surface area (Å²) in [5.41, 5.74) is 2.49. The van der Waals surface area contributed by atoms with Crippen molar-refractivity contribution in [1.82, 2.24) is 0 Å². The molecule has 0 aliphatic carbocycles. The largest absolute Gasteiger partial charge is 0.489 e. The fraction of sp³-hybridized carbons (Fsp3) is 0.167. The monoisotopic (exact) mass is 423 g/mol. The lowest BCUT2D eigenvalue weighted by Gasteiger charge is -2.10. The van der Waals surface area contributed by atoms with Gasteiger partial charge in [0.25, 0.3) is 5.91 Å². The Kier molecular flexibility index (Phi) is 7.09. The van der Waals surface area contributed by atoms with Crippen molar-refractivity contribution >= 4 is 29.2 Å². The summed E-state index contributed by atoms with van der Waals surface area (Å²) in [4.78, 5) is 24.3. The van der Waals surface area contributed by atoms with E-state index in [1.807, 2.05) is 12.1 Å². The maximum atomic E-state index is 12.5. The summed E-state index contributed by atoms with van der Waals surface area (Å²) in [5.74, 6) is 0.0962. The predicted molar refractivity (Wildman–Crippen MR) is 117 cm³/mol. The van der Waals surface area contributed by atoms with Gasteiger partial charge in [-0.05, 0) is 80.1 Å². The summed E-state index contributed by atoms with van der Waals surface area (Å²) in [6.07, 6.45) is -0.184. The number of nitrogens with one attached hydrogen (secondary N) is 1. The summed E-state index contributed by atoms with van der Waals surface area (Å²) in [6.45, 7) is 3.97. The molecule has 3 aromatic carbocycles. The van der Waals surface area contributed by atoms with Gasteiger partial charge in [0, 0.05) is 16.3 Å². The second-order valence-corrected chi connectivity index (χ2v) is 7.36. The summed E-state index contributed by atoms with van der Waals surface area (Å²) in [6, 6.07) is 20.9. The van der Waals surface area contributed by atoms with E-state index in [1.165, 1.54) is 0 Å². The van der Waals surface area contributed by atoms with E-state index in [0.717, 1.165) is 11.3 Å². The van der Waals surface area contributed by atoms with Crippen molar-refractivity contribution in [3.05, 3.63) is 94.5 Å². The number of anilines is 1. The first-order valence-corrected chi connectivity index (χ1v) is 9.88. The first-order valence-electron chi connectivity index (χ1n) is 9.50. The van der Waals surface area contributed by atoms with Crippen LogP contribution in [0.1, 0.15) is 40.1 Å². The van der Waals surface area contributed by atoms with Crippen LogP contribution in [-0.2, 0) is 11.3 Å². The molecule has 0 aromatic heterocycles. The van der Waals surface area contributed by atoms with Crippen molar-refractivity contribution in [1.29, 1.82) is 0 Å². The first kappa shape index (κ1) is 21.4. The van der Waals surface area contributed by atoms with Crippen LogP contribution in [0.2, 0.25) is 5.02 Å². The molecule has 1 N–H and O–H groups in total. The van der Waals surface area contributed by atoms with Gasteiger partial charge in [-0.3, -0.25) is 4.79 Å². The SMILES string of the molecule is CC(C)OC(=O)c1ccc(NC(=O)c2ccc(COc3ccc(Cl)cc3)cc2)cc1. The highest BCUT2D eigenvalue weighted by molar-refractivity contribution is 6.30. The van der Waals surface area contributed by atoms with Crippen LogP contribution in [-0.4, -0.2) is 18.0 Å². The van der Waals surface area contributed by atoms with Gasteiger partial charge in [-0.2, -0.15) is 0 Å². The van der Waals surface area contributed by atoms with Gasteiger partial charge in [0.2, 0.25) is 0 Å². The van der Waals surface area contributed by atoms with Crippen LogP contribution in [0, 0.1) is 0 Å². The number of halogens is 1. The van der Waals surface area contributed by atoms with E-state index in [-0.39, 0.29) is 18.0 Å². The molecule has 0 aliphatic heterocycles. The minimum atomic E-state index is -0.390. The van der Waals surface area contributed by atoms with Crippen molar-refractivity contribution in [2.24, 2.45) is 0 Å². The Bertz CT molecular complexity index is 997. The van der Waals surface area contributed by atoms with Crippen molar-refractivity contribution < 1.29 is 19.1 Å². The Morgan fingerprint density at radius 1 is 0.867 bits per heavy atom. The lowest BCUT2D eigenvalue weighted by Crippen LogP contribution is -2.13. The molecule has 0 spiro atoms. The van der Waals surface area contributed by atoms with Crippen molar-refractivity contribution in [3.63, 3.8) is 0 Å². The number of esters is 1. The molecule has 0 aliphatic rings. The molecule has 0 heterocycles. The highest BCUT2D eigenvalue weighted by atomic mass is 35.5. The fourth-order valence-corrected chi connectivity index (χ4v) is 2.75. The predicted octanol–water partition coefficient (Wildman–Crippen LogP) is 5.74. The molecule has 6 heteroatoms. The van der Waals surface area contributed by atoms with Crippen molar-refractivity contribution in [2.75, 3.05) is 5.32 Å². The van der Waals surface area contributed by atoms with E-state index in [4.69, 9.17) is 21.1 Å². The Labute approximate surface area is 180 Å². The van der Waals surface area contributed by atoms with Gasteiger partial charge >= 0.3 is 5.97 Å². The molecule has 0 unspecified atom stereocenters. The molecular weight excluding hydrogens is 402 g/mol. The Hall–Kier alpha value is -3.31. The lowest BCUT2D eigenvalue weighted by atomic mass is 10.1. The normalized spacial score (nSPS) is 10.5. The maximum Gasteiger partial charge on any atom is 0.338 e. The van der Waals surface area contributed by atoms with Gasteiger partial charge in [0.15, 0.2) is 0 Å². The average molecular weight is 424 g/mol. The Morgan fingerprint density at radius 2 is 1.47 bits per heavy atom. The second-order valence-electron chi connectivity index (χ2n) is 6.93. The quantitative estimate of drug-likeness (QED) is 0.492. The van der Waals surface area contributed by atoms with E-state index < -0.39 is 0 Å². The molecule has 30 heavy (non-hydrogen) atoms. The summed E-state index contributed by atoms with van der Waals surface area (Å²) >= 11 is 5.86. The minimum absolute atomic E-state index is 0.184. The van der Waals surface area contributed by atoms with Gasteiger partial charge in [0.05, 0.1) is 11.7 Å². The average Bonchev–Trinajstić information content (AvgIpc) is 2.73. The molecule has 154 valence electrons. The zero-order valence-corrected chi connectivity index (χ0v) is 17.5. The molecule has 0 saturated carbocycles. The minimum Gasteiger partial charge on any atom is -0.489 e. The zero-order chi connectivity index (χ0) is 21.5. The van der Waals surface area contributed by atoms with E-state index >= 15 is 0 Å². The fourth-order valence-electron chi connectivity index (χ4n) is 2.62.